The van der Waals surface area contributed by atoms with Crippen LogP contribution >= 0.6 is 0 Å². The number of hydrogen-bond donors (Lipinski definition) is 1. The molecule has 0 radical (unpaired) electrons. The van der Waals surface area contributed by atoms with E-state index in [9.17, 15) is 23.2 Å². The smallest absolute Gasteiger partial charge is 0.212 e. The van der Waals surface area contributed by atoms with Crippen molar-refractivity contribution >= 4 is 10.0 Å². The molecule has 1 aliphatic rings. The van der Waals surface area contributed by atoms with E-state index in [2.05, 4.69) is 11.8 Å². The molecule has 1 N–H and O–H groups in total. The summed E-state index contributed by atoms with van der Waals surface area (Å²) >= 11 is 0. The van der Waals surface area contributed by atoms with Gasteiger partial charge in [-0.2, -0.15) is 9.57 Å². The van der Waals surface area contributed by atoms with Gasteiger partial charge in [-0.25, -0.2) is 12.8 Å². The third kappa shape index (κ3) is 3.86. The van der Waals surface area contributed by atoms with Crippen LogP contribution in [0, 0.1) is 29.0 Å². The van der Waals surface area contributed by atoms with E-state index in [-0.39, 0.29) is 12.4 Å². The minimum atomic E-state index is -3.58. The van der Waals surface area contributed by atoms with Gasteiger partial charge in [0.25, 0.3) is 0 Å². The minimum Gasteiger partial charge on any atom is -0.395 e. The zero-order valence-corrected chi connectivity index (χ0v) is 15.3. The minimum absolute atomic E-state index is 0.352. The molecular formula is C20H17FN2O3S. The zero-order valence-electron chi connectivity index (χ0n) is 14.5. The summed E-state index contributed by atoms with van der Waals surface area (Å²) in [5, 5.41) is 18.9. The molecule has 1 heterocycles. The third-order valence-electron chi connectivity index (χ3n) is 4.53. The molecule has 0 aliphatic carbocycles. The first-order valence-electron chi connectivity index (χ1n) is 8.21. The van der Waals surface area contributed by atoms with E-state index in [4.69, 9.17) is 0 Å². The highest BCUT2D eigenvalue weighted by molar-refractivity contribution is 7.88. The van der Waals surface area contributed by atoms with E-state index in [1.165, 1.54) is 12.1 Å². The van der Waals surface area contributed by atoms with E-state index in [1.54, 1.807) is 36.4 Å². The van der Waals surface area contributed by atoms with Crippen molar-refractivity contribution in [3.05, 3.63) is 71.0 Å². The maximum absolute atomic E-state index is 13.2. The zero-order chi connectivity index (χ0) is 19.6. The van der Waals surface area contributed by atoms with Crippen molar-refractivity contribution in [1.29, 1.82) is 5.26 Å². The second-order valence-corrected chi connectivity index (χ2v) is 8.21. The van der Waals surface area contributed by atoms with E-state index >= 15 is 0 Å². The van der Waals surface area contributed by atoms with Crippen molar-refractivity contribution in [1.82, 2.24) is 4.31 Å². The van der Waals surface area contributed by atoms with Gasteiger partial charge in [0.2, 0.25) is 10.0 Å². The van der Waals surface area contributed by atoms with Gasteiger partial charge in [-0.3, -0.25) is 0 Å². The molecule has 2 aromatic carbocycles. The number of hydrogen-bond acceptors (Lipinski definition) is 4. The fraction of sp³-hybridized carbons (Fsp3) is 0.250. The van der Waals surface area contributed by atoms with E-state index in [0.717, 1.165) is 16.1 Å². The highest BCUT2D eigenvalue weighted by Crippen LogP contribution is 2.41. The van der Waals surface area contributed by atoms with Crippen LogP contribution in [-0.4, -0.2) is 42.8 Å². The number of nitriles is 1. The van der Waals surface area contributed by atoms with Crippen LogP contribution in [0.3, 0.4) is 0 Å². The molecule has 1 aliphatic heterocycles. The van der Waals surface area contributed by atoms with Gasteiger partial charge >= 0.3 is 0 Å². The molecule has 2 aromatic rings. The molecule has 0 saturated carbocycles. The summed E-state index contributed by atoms with van der Waals surface area (Å²) in [5.74, 6) is 5.06. The van der Waals surface area contributed by atoms with Crippen molar-refractivity contribution < 1.29 is 17.9 Å². The van der Waals surface area contributed by atoms with Crippen molar-refractivity contribution in [3.63, 3.8) is 0 Å². The van der Waals surface area contributed by atoms with Gasteiger partial charge in [0.05, 0.1) is 25.0 Å². The summed E-state index contributed by atoms with van der Waals surface area (Å²) in [4.78, 5) is 0. The molecule has 0 aromatic heterocycles. The second-order valence-electron chi connectivity index (χ2n) is 6.32. The molecule has 7 heteroatoms. The molecule has 0 spiro atoms. The van der Waals surface area contributed by atoms with Gasteiger partial charge in [-0.1, -0.05) is 30.0 Å². The highest BCUT2D eigenvalue weighted by Gasteiger charge is 2.53. The predicted octanol–water partition coefficient (Wildman–Crippen LogP) is 1.84. The highest BCUT2D eigenvalue weighted by atomic mass is 32.2. The van der Waals surface area contributed by atoms with Crippen LogP contribution in [0.1, 0.15) is 22.6 Å². The summed E-state index contributed by atoms with van der Waals surface area (Å²) in [7, 11) is -3.58. The summed E-state index contributed by atoms with van der Waals surface area (Å²) in [6, 6.07) is 13.6. The summed E-state index contributed by atoms with van der Waals surface area (Å²) in [5.41, 5.74) is 2.03. The van der Waals surface area contributed by atoms with Gasteiger partial charge in [0.15, 0.2) is 0 Å². The van der Waals surface area contributed by atoms with Gasteiger partial charge in [0, 0.05) is 17.0 Å². The Morgan fingerprint density at radius 1 is 1.15 bits per heavy atom. The first-order chi connectivity index (χ1) is 12.8. The molecule has 1 fully saturated rings. The van der Waals surface area contributed by atoms with Crippen LogP contribution in [0.15, 0.2) is 48.5 Å². The molecule has 1 saturated heterocycles. The predicted molar refractivity (Wildman–Crippen MR) is 98.5 cm³/mol. The normalized spacial score (nSPS) is 22.2. The Balaban J connectivity index is 1.83. The Morgan fingerprint density at radius 3 is 2.37 bits per heavy atom. The fourth-order valence-electron chi connectivity index (χ4n) is 3.32. The average Bonchev–Trinajstić information content (AvgIpc) is 2.60. The summed E-state index contributed by atoms with van der Waals surface area (Å²) in [6.07, 6.45) is 1.03. The van der Waals surface area contributed by atoms with Gasteiger partial charge in [-0.05, 0) is 35.9 Å². The third-order valence-corrected chi connectivity index (χ3v) is 5.79. The number of rotatable bonds is 3. The molecule has 0 bridgehead atoms. The molecule has 3 rings (SSSR count). The van der Waals surface area contributed by atoms with Gasteiger partial charge in [0.1, 0.15) is 11.9 Å². The van der Waals surface area contributed by atoms with Crippen LogP contribution in [0.25, 0.3) is 0 Å². The first kappa shape index (κ1) is 19.1. The van der Waals surface area contributed by atoms with Crippen LogP contribution in [0.2, 0.25) is 0 Å². The number of aliphatic hydroxyl groups excluding tert-OH is 1. The van der Waals surface area contributed by atoms with E-state index in [0.29, 0.717) is 11.1 Å². The van der Waals surface area contributed by atoms with Crippen LogP contribution in [0.4, 0.5) is 4.39 Å². The molecule has 27 heavy (non-hydrogen) atoms. The molecule has 5 nitrogen and oxygen atoms in total. The summed E-state index contributed by atoms with van der Waals surface area (Å²) in [6.45, 7) is -0.364. The van der Waals surface area contributed by atoms with Crippen molar-refractivity contribution in [2.24, 2.45) is 0 Å². The monoisotopic (exact) mass is 384 g/mol. The molecule has 138 valence electrons. The molecular weight excluding hydrogens is 367 g/mol. The van der Waals surface area contributed by atoms with E-state index < -0.39 is 28.0 Å². The maximum Gasteiger partial charge on any atom is 0.212 e. The van der Waals surface area contributed by atoms with Crippen molar-refractivity contribution in [3.8, 4) is 17.9 Å². The lowest BCUT2D eigenvalue weighted by atomic mass is 9.78. The Kier molecular flexibility index (Phi) is 5.29. The summed E-state index contributed by atoms with van der Waals surface area (Å²) < 4.78 is 37.9. The Hall–Kier alpha value is -2.71. The number of aliphatic hydroxyl groups is 1. The van der Waals surface area contributed by atoms with Crippen molar-refractivity contribution in [2.75, 3.05) is 12.9 Å². The lowest BCUT2D eigenvalue weighted by molar-refractivity contribution is 0.0564. The fourth-order valence-corrected chi connectivity index (χ4v) is 4.60. The van der Waals surface area contributed by atoms with E-state index in [1.807, 2.05) is 6.07 Å². The second kappa shape index (κ2) is 7.50. The quantitative estimate of drug-likeness (QED) is 0.819. The Morgan fingerprint density at radius 2 is 1.81 bits per heavy atom. The topological polar surface area (TPSA) is 81.4 Å². The number of sulfonamides is 1. The molecule has 0 unspecified atom stereocenters. The molecule has 0 amide bonds. The lowest BCUT2D eigenvalue weighted by Crippen LogP contribution is -2.64. The Bertz CT molecular complexity index is 1050. The van der Waals surface area contributed by atoms with Gasteiger partial charge in [-0.15, -0.1) is 0 Å². The average molecular weight is 384 g/mol. The Labute approximate surface area is 157 Å². The molecule has 3 atom stereocenters. The van der Waals surface area contributed by atoms with Crippen LogP contribution in [-0.2, 0) is 10.0 Å². The maximum atomic E-state index is 13.2. The number of nitrogens with zero attached hydrogens (tertiary/aromatic N) is 2. The van der Waals surface area contributed by atoms with Crippen LogP contribution in [0.5, 0.6) is 0 Å². The lowest BCUT2D eigenvalue weighted by Gasteiger charge is -2.49. The SMILES string of the molecule is CS(=O)(=O)N1[C@H](CO)[C@H](c2ccc(C#Cc3cccc(F)c3)cc2)[C@@H]1C#N. The first-order valence-corrected chi connectivity index (χ1v) is 10.1. The largest absolute Gasteiger partial charge is 0.395 e. The number of halogens is 1. The number of benzene rings is 2. The van der Waals surface area contributed by atoms with Crippen LogP contribution < -0.4 is 0 Å². The van der Waals surface area contributed by atoms with Crippen molar-refractivity contribution in [2.45, 2.75) is 18.0 Å². The standard InChI is InChI=1S/C20H17FN2O3S/c1-27(25,26)23-18(12-22)20(19(23)13-24)16-9-7-14(8-10-16)5-6-15-3-2-4-17(21)11-15/h2-4,7-11,18-20,24H,13H2,1H3/t18-,19+,20+/m0/s1. The van der Waals surface area contributed by atoms with Gasteiger partial charge < -0.3 is 5.11 Å².